The van der Waals surface area contributed by atoms with E-state index in [1.165, 1.54) is 5.56 Å². The molecule has 2 heteroatoms. The van der Waals surface area contributed by atoms with Gasteiger partial charge >= 0.3 is 0 Å². The van der Waals surface area contributed by atoms with Crippen molar-refractivity contribution in [2.75, 3.05) is 12.5 Å². The summed E-state index contributed by atoms with van der Waals surface area (Å²) >= 11 is 5.67. The molecule has 0 bridgehead atoms. The molecule has 1 nitrogen and oxygen atoms in total. The van der Waals surface area contributed by atoms with Crippen LogP contribution in [0.2, 0.25) is 0 Å². The monoisotopic (exact) mass is 286 g/mol. The number of hydrogen-bond acceptors (Lipinski definition) is 1. The lowest BCUT2D eigenvalue weighted by atomic mass is 10.1. The molecule has 2 rings (SSSR count). The molecule has 0 fully saturated rings. The summed E-state index contributed by atoms with van der Waals surface area (Å²) in [7, 11) is 0. The van der Waals surface area contributed by atoms with Crippen LogP contribution in [0, 0.1) is 0 Å². The summed E-state index contributed by atoms with van der Waals surface area (Å²) in [6.45, 7) is 0.711. The summed E-state index contributed by atoms with van der Waals surface area (Å²) in [5.74, 6) is 1.62. The van der Waals surface area contributed by atoms with E-state index < -0.39 is 0 Å². The van der Waals surface area contributed by atoms with E-state index >= 15 is 0 Å². The number of unbranched alkanes of at least 4 members (excludes halogenated alkanes) is 1. The molecule has 0 aromatic heterocycles. The summed E-state index contributed by atoms with van der Waals surface area (Å²) in [4.78, 5) is 0. The number of para-hydroxylation sites is 1. The minimum atomic E-state index is 0.693. The Balaban J connectivity index is 2.02. The molecule has 0 aliphatic carbocycles. The van der Waals surface area contributed by atoms with Crippen LogP contribution in [0.1, 0.15) is 24.0 Å². The molecule has 0 atom stereocenters. The predicted molar refractivity (Wildman–Crippen MR) is 87.3 cm³/mol. The number of alkyl halides is 1. The van der Waals surface area contributed by atoms with Gasteiger partial charge in [0.2, 0.25) is 0 Å². The molecule has 0 aliphatic heterocycles. The lowest BCUT2D eigenvalue weighted by Gasteiger charge is -2.08. The second-order valence-corrected chi connectivity index (χ2v) is 4.90. The molecular formula is C18H19ClO. The molecule has 104 valence electrons. The van der Waals surface area contributed by atoms with Crippen molar-refractivity contribution in [1.82, 2.24) is 0 Å². The van der Waals surface area contributed by atoms with Crippen LogP contribution in [-0.2, 0) is 0 Å². The van der Waals surface area contributed by atoms with Gasteiger partial charge in [-0.2, -0.15) is 0 Å². The summed E-state index contributed by atoms with van der Waals surface area (Å²) in [5, 5.41) is 0. The van der Waals surface area contributed by atoms with Gasteiger partial charge in [-0.1, -0.05) is 60.7 Å². The van der Waals surface area contributed by atoms with E-state index in [-0.39, 0.29) is 0 Å². The summed E-state index contributed by atoms with van der Waals surface area (Å²) in [5.41, 5.74) is 2.28. The lowest BCUT2D eigenvalue weighted by molar-refractivity contribution is 0.309. The summed E-state index contributed by atoms with van der Waals surface area (Å²) in [6.07, 6.45) is 6.16. The van der Waals surface area contributed by atoms with Gasteiger partial charge in [0.25, 0.3) is 0 Å². The minimum Gasteiger partial charge on any atom is -0.493 e. The quantitative estimate of drug-likeness (QED) is 0.383. The zero-order valence-electron chi connectivity index (χ0n) is 11.5. The largest absolute Gasteiger partial charge is 0.493 e. The van der Waals surface area contributed by atoms with Gasteiger partial charge in [-0.05, 0) is 24.5 Å². The Labute approximate surface area is 125 Å². The average molecular weight is 287 g/mol. The van der Waals surface area contributed by atoms with E-state index in [2.05, 4.69) is 30.4 Å². The van der Waals surface area contributed by atoms with Crippen LogP contribution in [0.15, 0.2) is 54.6 Å². The molecule has 0 saturated carbocycles. The highest BCUT2D eigenvalue weighted by molar-refractivity contribution is 6.17. The second kappa shape index (κ2) is 8.44. The minimum absolute atomic E-state index is 0.693. The lowest BCUT2D eigenvalue weighted by Crippen LogP contribution is -1.98. The molecule has 0 N–H and O–H groups in total. The predicted octanol–water partition coefficient (Wildman–Crippen LogP) is 5.25. The molecule has 0 saturated heterocycles. The van der Waals surface area contributed by atoms with Crippen molar-refractivity contribution in [3.63, 3.8) is 0 Å². The Morgan fingerprint density at radius 2 is 1.60 bits per heavy atom. The first-order valence-electron chi connectivity index (χ1n) is 6.91. The molecule has 2 aromatic rings. The first-order valence-corrected chi connectivity index (χ1v) is 7.44. The normalized spacial score (nSPS) is 10.8. The van der Waals surface area contributed by atoms with Crippen molar-refractivity contribution >= 4 is 23.8 Å². The van der Waals surface area contributed by atoms with Crippen LogP contribution >= 0.6 is 11.6 Å². The smallest absolute Gasteiger partial charge is 0.126 e. The van der Waals surface area contributed by atoms with Crippen LogP contribution in [-0.4, -0.2) is 12.5 Å². The summed E-state index contributed by atoms with van der Waals surface area (Å²) in [6, 6.07) is 18.4. The first-order chi connectivity index (χ1) is 9.90. The van der Waals surface area contributed by atoms with E-state index in [4.69, 9.17) is 16.3 Å². The van der Waals surface area contributed by atoms with Gasteiger partial charge in [0.15, 0.2) is 0 Å². The van der Waals surface area contributed by atoms with E-state index in [0.717, 1.165) is 24.2 Å². The zero-order chi connectivity index (χ0) is 14.0. The van der Waals surface area contributed by atoms with Crippen LogP contribution in [0.4, 0.5) is 0 Å². The van der Waals surface area contributed by atoms with Crippen molar-refractivity contribution in [2.45, 2.75) is 12.8 Å². The van der Waals surface area contributed by atoms with Crippen LogP contribution in [0.5, 0.6) is 5.75 Å². The maximum Gasteiger partial charge on any atom is 0.126 e. The molecule has 0 amide bonds. The number of rotatable bonds is 7. The van der Waals surface area contributed by atoms with Gasteiger partial charge in [0, 0.05) is 11.4 Å². The molecule has 0 spiro atoms. The van der Waals surface area contributed by atoms with Gasteiger partial charge < -0.3 is 4.74 Å². The van der Waals surface area contributed by atoms with E-state index in [9.17, 15) is 0 Å². The van der Waals surface area contributed by atoms with Crippen LogP contribution in [0.3, 0.4) is 0 Å². The number of hydrogen-bond donors (Lipinski definition) is 0. The standard InChI is InChI=1S/C18H19ClO/c19-14-6-7-15-20-18-11-5-4-10-17(18)13-12-16-8-2-1-3-9-16/h1-5,8-13H,6-7,14-15H2/b13-12+. The maximum absolute atomic E-state index is 5.82. The highest BCUT2D eigenvalue weighted by Crippen LogP contribution is 2.21. The zero-order valence-corrected chi connectivity index (χ0v) is 12.2. The average Bonchev–Trinajstić information content (AvgIpc) is 2.51. The third kappa shape index (κ3) is 4.75. The highest BCUT2D eigenvalue weighted by Gasteiger charge is 1.99. The van der Waals surface area contributed by atoms with Gasteiger partial charge in [-0.25, -0.2) is 0 Å². The number of benzene rings is 2. The molecule has 0 aliphatic rings. The third-order valence-corrected chi connectivity index (χ3v) is 3.23. The Morgan fingerprint density at radius 3 is 2.40 bits per heavy atom. The van der Waals surface area contributed by atoms with Crippen molar-refractivity contribution < 1.29 is 4.74 Å². The molecule has 0 heterocycles. The Bertz CT molecular complexity index is 534. The third-order valence-electron chi connectivity index (χ3n) is 2.96. The van der Waals surface area contributed by atoms with Crippen molar-refractivity contribution in [3.05, 3.63) is 65.7 Å². The van der Waals surface area contributed by atoms with Crippen LogP contribution in [0.25, 0.3) is 12.2 Å². The Kier molecular flexibility index (Phi) is 6.19. The Morgan fingerprint density at radius 1 is 0.850 bits per heavy atom. The SMILES string of the molecule is ClCCCCOc1ccccc1/C=C/c1ccccc1. The van der Waals surface area contributed by atoms with E-state index in [0.29, 0.717) is 12.5 Å². The number of halogens is 1. The second-order valence-electron chi connectivity index (χ2n) is 4.53. The fourth-order valence-electron chi connectivity index (χ4n) is 1.88. The van der Waals surface area contributed by atoms with Gasteiger partial charge in [0.05, 0.1) is 6.61 Å². The van der Waals surface area contributed by atoms with Gasteiger partial charge in [0.1, 0.15) is 5.75 Å². The number of ether oxygens (including phenoxy) is 1. The first kappa shape index (κ1) is 14.7. The molecular weight excluding hydrogens is 268 g/mol. The summed E-state index contributed by atoms with van der Waals surface area (Å²) < 4.78 is 5.82. The molecule has 2 aromatic carbocycles. The maximum atomic E-state index is 5.82. The topological polar surface area (TPSA) is 9.23 Å². The van der Waals surface area contributed by atoms with Crippen LogP contribution < -0.4 is 4.74 Å². The van der Waals surface area contributed by atoms with Crippen molar-refractivity contribution in [3.8, 4) is 5.75 Å². The van der Waals surface area contributed by atoms with Crippen molar-refractivity contribution in [1.29, 1.82) is 0 Å². The van der Waals surface area contributed by atoms with E-state index in [1.54, 1.807) is 0 Å². The molecule has 20 heavy (non-hydrogen) atoms. The van der Waals surface area contributed by atoms with Gasteiger partial charge in [-0.3, -0.25) is 0 Å². The fourth-order valence-corrected chi connectivity index (χ4v) is 2.07. The van der Waals surface area contributed by atoms with Gasteiger partial charge in [-0.15, -0.1) is 11.6 Å². The van der Waals surface area contributed by atoms with E-state index in [1.807, 2.05) is 36.4 Å². The molecule has 0 unspecified atom stereocenters. The molecule has 0 radical (unpaired) electrons. The fraction of sp³-hybridized carbons (Fsp3) is 0.222. The highest BCUT2D eigenvalue weighted by atomic mass is 35.5. The van der Waals surface area contributed by atoms with Crippen molar-refractivity contribution in [2.24, 2.45) is 0 Å². The Hall–Kier alpha value is -1.73.